The fraction of sp³-hybridized carbons (Fsp3) is 0.250. The zero-order valence-electron chi connectivity index (χ0n) is 11.3. The smallest absolute Gasteiger partial charge is 0.138 e. The van der Waals surface area contributed by atoms with Gasteiger partial charge in [0.05, 0.1) is 16.9 Å². The summed E-state index contributed by atoms with van der Waals surface area (Å²) in [5.74, 6) is 0.906. The Bertz CT molecular complexity index is 561. The highest BCUT2D eigenvalue weighted by molar-refractivity contribution is 7.95. The van der Waals surface area contributed by atoms with Crippen molar-refractivity contribution in [1.29, 1.82) is 0 Å². The van der Waals surface area contributed by atoms with Crippen molar-refractivity contribution in [2.75, 3.05) is 0 Å². The minimum Gasteiger partial charge on any atom is -0.421 e. The van der Waals surface area contributed by atoms with Gasteiger partial charge in [-0.25, -0.2) is 0 Å². The number of benzene rings is 2. The van der Waals surface area contributed by atoms with Crippen molar-refractivity contribution in [2.24, 2.45) is 0 Å². The molecule has 0 saturated carbocycles. The van der Waals surface area contributed by atoms with Crippen LogP contribution in [0.5, 0.6) is 5.75 Å². The SMILES string of the molecule is Cc1ccc(SOc2ccc(C)c(C)c2)c(C)c1. The average molecular weight is 258 g/mol. The van der Waals surface area contributed by atoms with Crippen molar-refractivity contribution in [3.05, 3.63) is 58.7 Å². The summed E-state index contributed by atoms with van der Waals surface area (Å²) in [6, 6.07) is 12.6. The lowest BCUT2D eigenvalue weighted by Gasteiger charge is -2.08. The molecule has 0 heterocycles. The van der Waals surface area contributed by atoms with Crippen LogP contribution in [0.25, 0.3) is 0 Å². The van der Waals surface area contributed by atoms with E-state index < -0.39 is 0 Å². The van der Waals surface area contributed by atoms with Crippen molar-refractivity contribution in [3.8, 4) is 5.75 Å². The molecular weight excluding hydrogens is 240 g/mol. The van der Waals surface area contributed by atoms with Crippen LogP contribution in [0.15, 0.2) is 41.3 Å². The molecule has 1 nitrogen and oxygen atoms in total. The molecule has 0 bridgehead atoms. The second kappa shape index (κ2) is 5.49. The summed E-state index contributed by atoms with van der Waals surface area (Å²) in [5, 5.41) is 0. The van der Waals surface area contributed by atoms with Crippen LogP contribution >= 0.6 is 12.0 Å². The first kappa shape index (κ1) is 13.0. The van der Waals surface area contributed by atoms with Crippen molar-refractivity contribution in [1.82, 2.24) is 0 Å². The van der Waals surface area contributed by atoms with Gasteiger partial charge in [0, 0.05) is 0 Å². The fourth-order valence-electron chi connectivity index (χ4n) is 1.75. The van der Waals surface area contributed by atoms with E-state index in [4.69, 9.17) is 4.18 Å². The highest BCUT2D eigenvalue weighted by atomic mass is 32.2. The standard InChI is InChI=1S/C16H18OS/c1-11-5-8-16(14(4)9-11)18-17-15-7-6-12(2)13(3)10-15/h5-10H,1-4H3. The zero-order chi connectivity index (χ0) is 13.1. The molecule has 0 spiro atoms. The zero-order valence-corrected chi connectivity index (χ0v) is 12.1. The third-order valence-electron chi connectivity index (χ3n) is 3.04. The van der Waals surface area contributed by atoms with E-state index in [0.717, 1.165) is 5.75 Å². The Kier molecular flexibility index (Phi) is 3.97. The molecule has 0 aliphatic carbocycles. The van der Waals surface area contributed by atoms with E-state index >= 15 is 0 Å². The molecule has 0 amide bonds. The molecule has 2 rings (SSSR count). The summed E-state index contributed by atoms with van der Waals surface area (Å²) in [5.41, 5.74) is 5.08. The molecule has 0 unspecified atom stereocenters. The lowest BCUT2D eigenvalue weighted by atomic mass is 10.1. The van der Waals surface area contributed by atoms with E-state index in [1.165, 1.54) is 39.2 Å². The van der Waals surface area contributed by atoms with Gasteiger partial charge in [-0.15, -0.1) is 0 Å². The minimum atomic E-state index is 0.906. The van der Waals surface area contributed by atoms with Gasteiger partial charge in [0.15, 0.2) is 0 Å². The number of hydrogen-bond acceptors (Lipinski definition) is 2. The first-order valence-corrected chi connectivity index (χ1v) is 6.79. The Morgan fingerprint density at radius 3 is 2.22 bits per heavy atom. The number of aryl methyl sites for hydroxylation is 4. The molecule has 94 valence electrons. The van der Waals surface area contributed by atoms with E-state index in [1.54, 1.807) is 0 Å². The van der Waals surface area contributed by atoms with E-state index in [0.29, 0.717) is 0 Å². The van der Waals surface area contributed by atoms with Gasteiger partial charge < -0.3 is 4.18 Å². The van der Waals surface area contributed by atoms with E-state index in [9.17, 15) is 0 Å². The molecule has 0 saturated heterocycles. The fourth-order valence-corrected chi connectivity index (χ4v) is 2.36. The van der Waals surface area contributed by atoms with Gasteiger partial charge in [-0.3, -0.25) is 0 Å². The summed E-state index contributed by atoms with van der Waals surface area (Å²) < 4.78 is 5.77. The molecule has 2 aromatic carbocycles. The van der Waals surface area contributed by atoms with E-state index in [-0.39, 0.29) is 0 Å². The van der Waals surface area contributed by atoms with Gasteiger partial charge in [0.2, 0.25) is 0 Å². The van der Waals surface area contributed by atoms with E-state index in [2.05, 4.69) is 58.0 Å². The molecule has 0 aliphatic rings. The average Bonchev–Trinajstić information content (AvgIpc) is 2.32. The van der Waals surface area contributed by atoms with Crippen LogP contribution in [0.4, 0.5) is 0 Å². The Hall–Kier alpha value is -1.41. The molecule has 0 aliphatic heterocycles. The first-order valence-electron chi connectivity index (χ1n) is 6.05. The molecular formula is C16H18OS. The third kappa shape index (κ3) is 3.08. The second-order valence-corrected chi connectivity index (χ2v) is 5.45. The van der Waals surface area contributed by atoms with Gasteiger partial charge in [0.1, 0.15) is 5.75 Å². The van der Waals surface area contributed by atoms with Gasteiger partial charge >= 0.3 is 0 Å². The van der Waals surface area contributed by atoms with Gasteiger partial charge in [-0.05, 0) is 62.6 Å². The predicted molar refractivity (Wildman–Crippen MR) is 78.3 cm³/mol. The Labute approximate surface area is 113 Å². The van der Waals surface area contributed by atoms with Crippen LogP contribution in [-0.2, 0) is 0 Å². The maximum absolute atomic E-state index is 5.77. The third-order valence-corrected chi connectivity index (χ3v) is 3.95. The molecule has 0 fully saturated rings. The molecule has 0 N–H and O–H groups in total. The molecule has 18 heavy (non-hydrogen) atoms. The summed E-state index contributed by atoms with van der Waals surface area (Å²) in [7, 11) is 0. The Morgan fingerprint density at radius 2 is 1.56 bits per heavy atom. The van der Waals surface area contributed by atoms with E-state index in [1.807, 2.05) is 6.07 Å². The van der Waals surface area contributed by atoms with Crippen molar-refractivity contribution < 1.29 is 4.18 Å². The maximum atomic E-state index is 5.77. The van der Waals surface area contributed by atoms with Gasteiger partial charge in [0.25, 0.3) is 0 Å². The second-order valence-electron chi connectivity index (χ2n) is 4.68. The molecule has 2 heteroatoms. The van der Waals surface area contributed by atoms with Crippen LogP contribution in [0.3, 0.4) is 0 Å². The highest BCUT2D eigenvalue weighted by Gasteiger charge is 2.03. The number of rotatable bonds is 3. The highest BCUT2D eigenvalue weighted by Crippen LogP contribution is 2.27. The van der Waals surface area contributed by atoms with Crippen LogP contribution in [-0.4, -0.2) is 0 Å². The lowest BCUT2D eigenvalue weighted by molar-refractivity contribution is 0.644. The molecule has 2 aromatic rings. The van der Waals surface area contributed by atoms with Gasteiger partial charge in [-0.2, -0.15) is 0 Å². The molecule has 0 radical (unpaired) electrons. The van der Waals surface area contributed by atoms with Crippen molar-refractivity contribution in [2.45, 2.75) is 32.6 Å². The Morgan fingerprint density at radius 1 is 0.778 bits per heavy atom. The minimum absolute atomic E-state index is 0.906. The first-order chi connectivity index (χ1) is 8.56. The quantitative estimate of drug-likeness (QED) is 0.716. The molecule has 0 atom stereocenters. The van der Waals surface area contributed by atoms with Crippen molar-refractivity contribution >= 4 is 12.0 Å². The summed E-state index contributed by atoms with van der Waals surface area (Å²) in [6.45, 7) is 8.42. The Balaban J connectivity index is 2.09. The molecule has 0 aromatic heterocycles. The largest absolute Gasteiger partial charge is 0.421 e. The maximum Gasteiger partial charge on any atom is 0.138 e. The van der Waals surface area contributed by atoms with Crippen LogP contribution in [0.2, 0.25) is 0 Å². The summed E-state index contributed by atoms with van der Waals surface area (Å²) in [4.78, 5) is 1.17. The topological polar surface area (TPSA) is 9.23 Å². The lowest BCUT2D eigenvalue weighted by Crippen LogP contribution is -1.88. The van der Waals surface area contributed by atoms with Crippen LogP contribution < -0.4 is 4.18 Å². The van der Waals surface area contributed by atoms with Gasteiger partial charge in [-0.1, -0.05) is 23.8 Å². The number of hydrogen-bond donors (Lipinski definition) is 0. The normalized spacial score (nSPS) is 10.4. The monoisotopic (exact) mass is 258 g/mol. The summed E-state index contributed by atoms with van der Waals surface area (Å²) >= 11 is 1.42. The summed E-state index contributed by atoms with van der Waals surface area (Å²) in [6.07, 6.45) is 0. The van der Waals surface area contributed by atoms with Crippen LogP contribution in [0.1, 0.15) is 22.3 Å². The predicted octanol–water partition coefficient (Wildman–Crippen LogP) is 5.01. The van der Waals surface area contributed by atoms with Crippen molar-refractivity contribution in [3.63, 3.8) is 0 Å². The van der Waals surface area contributed by atoms with Crippen LogP contribution in [0, 0.1) is 27.7 Å².